The molecule has 0 aliphatic heterocycles. The first-order chi connectivity index (χ1) is 12.1. The maximum Gasteiger partial charge on any atom is 0.393 e. The van der Waals surface area contributed by atoms with Crippen LogP contribution >= 0.6 is 11.3 Å². The summed E-state index contributed by atoms with van der Waals surface area (Å²) in [7, 11) is 0. The van der Waals surface area contributed by atoms with Gasteiger partial charge < -0.3 is 5.73 Å². The molecule has 4 atom stereocenters. The molecule has 0 aromatic carbocycles. The molecule has 1 aliphatic carbocycles. The van der Waals surface area contributed by atoms with Gasteiger partial charge in [0.1, 0.15) is 10.7 Å². The fraction of sp³-hybridized carbons (Fsp3) is 0.684. The van der Waals surface area contributed by atoms with Gasteiger partial charge in [-0.1, -0.05) is 13.8 Å². The van der Waals surface area contributed by atoms with Crippen molar-refractivity contribution in [1.82, 2.24) is 9.97 Å². The van der Waals surface area contributed by atoms with E-state index in [-0.39, 0.29) is 0 Å². The van der Waals surface area contributed by atoms with E-state index >= 15 is 0 Å². The lowest BCUT2D eigenvalue weighted by Crippen LogP contribution is -2.22. The van der Waals surface area contributed by atoms with Gasteiger partial charge in [0.15, 0.2) is 0 Å². The van der Waals surface area contributed by atoms with Gasteiger partial charge in [0.2, 0.25) is 0 Å². The fourth-order valence-electron chi connectivity index (χ4n) is 4.07. The molecule has 1 aliphatic rings. The van der Waals surface area contributed by atoms with Crippen LogP contribution in [0.1, 0.15) is 49.5 Å². The fourth-order valence-corrected chi connectivity index (χ4v) is 5.20. The minimum absolute atomic E-state index is 0.302. The zero-order valence-electron chi connectivity index (χ0n) is 15.4. The van der Waals surface area contributed by atoms with E-state index in [0.29, 0.717) is 39.3 Å². The summed E-state index contributed by atoms with van der Waals surface area (Å²) in [5, 5.41) is 0.780. The van der Waals surface area contributed by atoms with Crippen LogP contribution in [-0.2, 0) is 12.8 Å². The molecule has 0 bridgehead atoms. The van der Waals surface area contributed by atoms with Crippen LogP contribution in [0.4, 0.5) is 13.2 Å². The van der Waals surface area contributed by atoms with Crippen molar-refractivity contribution in [2.75, 3.05) is 0 Å². The molecule has 3 rings (SSSR count). The van der Waals surface area contributed by atoms with Crippen LogP contribution in [0.25, 0.3) is 10.2 Å². The second-order valence-electron chi connectivity index (χ2n) is 7.81. The molecule has 0 saturated heterocycles. The Hall–Kier alpha value is -1.21. The molecule has 2 aromatic rings. The van der Waals surface area contributed by atoms with Crippen LogP contribution in [-0.4, -0.2) is 22.2 Å². The van der Waals surface area contributed by atoms with Crippen molar-refractivity contribution in [3.8, 4) is 0 Å². The Bertz CT molecular complexity index is 771. The average Bonchev–Trinajstić information content (AvgIpc) is 3.10. The van der Waals surface area contributed by atoms with Crippen molar-refractivity contribution >= 4 is 21.6 Å². The molecular formula is C19H26F3N3S. The maximum atomic E-state index is 12.7. The number of rotatable bonds is 5. The number of aryl methyl sites for hydroxylation is 1. The van der Waals surface area contributed by atoms with Crippen LogP contribution in [0, 0.1) is 24.7 Å². The van der Waals surface area contributed by atoms with Crippen molar-refractivity contribution in [2.24, 2.45) is 23.5 Å². The Labute approximate surface area is 156 Å². The third kappa shape index (κ3) is 4.55. The second kappa shape index (κ2) is 7.43. The molecule has 0 amide bonds. The lowest BCUT2D eigenvalue weighted by atomic mass is 9.80. The van der Waals surface area contributed by atoms with Gasteiger partial charge in [-0.05, 0) is 56.4 Å². The van der Waals surface area contributed by atoms with Crippen molar-refractivity contribution in [3.63, 3.8) is 0 Å². The Balaban J connectivity index is 1.82. The zero-order chi connectivity index (χ0) is 19.1. The molecular weight excluding hydrogens is 359 g/mol. The average molecular weight is 385 g/mol. The summed E-state index contributed by atoms with van der Waals surface area (Å²) in [6.45, 7) is 6.28. The number of hydrogen-bond acceptors (Lipinski definition) is 4. The number of thiophene rings is 1. The largest absolute Gasteiger partial charge is 0.393 e. The predicted octanol–water partition coefficient (Wildman–Crippen LogP) is 5.05. The van der Waals surface area contributed by atoms with Crippen LogP contribution < -0.4 is 5.73 Å². The van der Waals surface area contributed by atoms with E-state index in [0.717, 1.165) is 41.7 Å². The van der Waals surface area contributed by atoms with E-state index in [1.807, 2.05) is 0 Å². The molecule has 0 radical (unpaired) electrons. The zero-order valence-corrected chi connectivity index (χ0v) is 16.3. The third-order valence-corrected chi connectivity index (χ3v) is 6.71. The third-order valence-electron chi connectivity index (χ3n) is 5.68. The van der Waals surface area contributed by atoms with Gasteiger partial charge in [0, 0.05) is 16.3 Å². The van der Waals surface area contributed by atoms with Crippen molar-refractivity contribution in [1.29, 1.82) is 0 Å². The van der Waals surface area contributed by atoms with Crippen molar-refractivity contribution in [2.45, 2.75) is 65.1 Å². The number of hydrogen-bond donors (Lipinski definition) is 1. The molecule has 1 fully saturated rings. The van der Waals surface area contributed by atoms with Crippen LogP contribution in [0.3, 0.4) is 0 Å². The summed E-state index contributed by atoms with van der Waals surface area (Å²) < 4.78 is 38.2. The predicted molar refractivity (Wildman–Crippen MR) is 99.3 cm³/mol. The van der Waals surface area contributed by atoms with E-state index < -0.39 is 12.6 Å². The highest BCUT2D eigenvalue weighted by atomic mass is 32.1. The molecule has 2 heterocycles. The highest BCUT2D eigenvalue weighted by Gasteiger charge is 2.31. The van der Waals surface area contributed by atoms with Crippen LogP contribution in [0.2, 0.25) is 0 Å². The standard InChI is InChI=1S/C19H26F3N3S/c1-10(11(2)13-4-5-14(23)7-13)6-17-16-8-15(9-19(20,21)22)26-18(16)25-12(3)24-17/h8,10-11,13-14H,4-7,9,23H2,1-3H3/t10?,11?,13-,14+/m1/s1. The van der Waals surface area contributed by atoms with E-state index in [9.17, 15) is 13.2 Å². The topological polar surface area (TPSA) is 51.8 Å². The van der Waals surface area contributed by atoms with Crippen LogP contribution in [0.15, 0.2) is 6.07 Å². The summed E-state index contributed by atoms with van der Waals surface area (Å²) >= 11 is 1.13. The molecule has 2 N–H and O–H groups in total. The molecule has 7 heteroatoms. The Morgan fingerprint density at radius 3 is 2.62 bits per heavy atom. The number of aromatic nitrogens is 2. The Kier molecular flexibility index (Phi) is 5.58. The molecule has 2 aromatic heterocycles. The maximum absolute atomic E-state index is 12.7. The lowest BCUT2D eigenvalue weighted by molar-refractivity contribution is -0.126. The molecule has 2 unspecified atom stereocenters. The molecule has 3 nitrogen and oxygen atoms in total. The first-order valence-corrected chi connectivity index (χ1v) is 10.0. The van der Waals surface area contributed by atoms with Gasteiger partial charge in [-0.25, -0.2) is 9.97 Å². The molecule has 26 heavy (non-hydrogen) atoms. The van der Waals surface area contributed by atoms with Crippen LogP contribution in [0.5, 0.6) is 0 Å². The number of alkyl halides is 3. The first-order valence-electron chi connectivity index (χ1n) is 9.20. The van der Waals surface area contributed by atoms with E-state index in [1.54, 1.807) is 13.0 Å². The number of fused-ring (bicyclic) bond motifs is 1. The van der Waals surface area contributed by atoms with Crippen molar-refractivity contribution in [3.05, 3.63) is 22.5 Å². The summed E-state index contributed by atoms with van der Waals surface area (Å²) in [4.78, 5) is 9.88. The highest BCUT2D eigenvalue weighted by molar-refractivity contribution is 7.18. The van der Waals surface area contributed by atoms with Gasteiger partial charge in [-0.15, -0.1) is 11.3 Å². The van der Waals surface area contributed by atoms with Gasteiger partial charge in [0.05, 0.1) is 12.1 Å². The minimum atomic E-state index is -4.20. The highest BCUT2D eigenvalue weighted by Crippen LogP contribution is 2.37. The normalized spacial score (nSPS) is 23.5. The lowest BCUT2D eigenvalue weighted by Gasteiger charge is -2.26. The summed E-state index contributed by atoms with van der Waals surface area (Å²) in [6.07, 6.45) is -1.03. The SMILES string of the molecule is Cc1nc(CC(C)C(C)[C@@H]2CC[C@H](N)C2)c2cc(CC(F)(F)F)sc2n1. The summed E-state index contributed by atoms with van der Waals surface area (Å²) in [6, 6.07) is 1.94. The smallest absolute Gasteiger partial charge is 0.328 e. The molecule has 144 valence electrons. The monoisotopic (exact) mass is 385 g/mol. The molecule has 1 saturated carbocycles. The Morgan fingerprint density at radius 2 is 2.00 bits per heavy atom. The first kappa shape index (κ1) is 19.5. The quantitative estimate of drug-likeness (QED) is 0.784. The van der Waals surface area contributed by atoms with E-state index in [1.165, 1.54) is 6.42 Å². The Morgan fingerprint density at radius 1 is 1.27 bits per heavy atom. The van der Waals surface area contributed by atoms with Gasteiger partial charge in [-0.3, -0.25) is 0 Å². The van der Waals surface area contributed by atoms with Crippen molar-refractivity contribution < 1.29 is 13.2 Å². The number of nitrogens with zero attached hydrogens (tertiary/aromatic N) is 2. The van der Waals surface area contributed by atoms with Gasteiger partial charge in [-0.2, -0.15) is 13.2 Å². The van der Waals surface area contributed by atoms with E-state index in [4.69, 9.17) is 5.73 Å². The number of nitrogens with two attached hydrogens (primary N) is 1. The summed E-state index contributed by atoms with van der Waals surface area (Å²) in [5.41, 5.74) is 6.93. The summed E-state index contributed by atoms with van der Waals surface area (Å²) in [5.74, 6) is 2.16. The number of halogens is 3. The van der Waals surface area contributed by atoms with E-state index in [2.05, 4.69) is 23.8 Å². The second-order valence-corrected chi connectivity index (χ2v) is 8.93. The minimum Gasteiger partial charge on any atom is -0.328 e. The van der Waals surface area contributed by atoms with Gasteiger partial charge in [0.25, 0.3) is 0 Å². The van der Waals surface area contributed by atoms with Gasteiger partial charge >= 0.3 is 6.18 Å². The molecule has 0 spiro atoms.